The van der Waals surface area contributed by atoms with Gasteiger partial charge in [-0.25, -0.2) is 4.98 Å². The summed E-state index contributed by atoms with van der Waals surface area (Å²) in [5.74, 6) is 0.777. The van der Waals surface area contributed by atoms with E-state index in [1.54, 1.807) is 0 Å². The van der Waals surface area contributed by atoms with E-state index >= 15 is 0 Å². The first kappa shape index (κ1) is 15.3. The Balaban J connectivity index is 1.75. The van der Waals surface area contributed by atoms with E-state index in [1.165, 1.54) is 0 Å². The largest absolute Gasteiger partial charge is 0.392 e. The van der Waals surface area contributed by atoms with Crippen LogP contribution in [0.1, 0.15) is 37.4 Å². The lowest BCUT2D eigenvalue weighted by molar-refractivity contribution is -0.199. The summed E-state index contributed by atoms with van der Waals surface area (Å²) in [7, 11) is 0. The molecule has 2 heterocycles. The van der Waals surface area contributed by atoms with E-state index in [2.05, 4.69) is 16.0 Å². The SMILES string of the molecule is CCO[C@H]1C[C@@H](O)C12CCN(c1nc(C)ccc1C#N)CC2. The molecule has 5 heteroatoms. The Morgan fingerprint density at radius 3 is 2.77 bits per heavy atom. The average Bonchev–Trinajstić information content (AvgIpc) is 2.55. The van der Waals surface area contributed by atoms with Crippen LogP contribution in [0.3, 0.4) is 0 Å². The van der Waals surface area contributed by atoms with Gasteiger partial charge in [-0.15, -0.1) is 0 Å². The number of rotatable bonds is 3. The monoisotopic (exact) mass is 301 g/mol. The minimum Gasteiger partial charge on any atom is -0.392 e. The Morgan fingerprint density at radius 2 is 2.18 bits per heavy atom. The highest BCUT2D eigenvalue weighted by molar-refractivity contribution is 5.54. The number of aliphatic hydroxyl groups excluding tert-OH is 1. The van der Waals surface area contributed by atoms with E-state index in [9.17, 15) is 10.4 Å². The van der Waals surface area contributed by atoms with Crippen molar-refractivity contribution < 1.29 is 9.84 Å². The highest BCUT2D eigenvalue weighted by Gasteiger charge is 2.56. The molecule has 0 bridgehead atoms. The molecule has 0 unspecified atom stereocenters. The third-order valence-electron chi connectivity index (χ3n) is 5.24. The quantitative estimate of drug-likeness (QED) is 0.925. The maximum Gasteiger partial charge on any atom is 0.146 e. The summed E-state index contributed by atoms with van der Waals surface area (Å²) in [4.78, 5) is 6.71. The second-order valence-corrected chi connectivity index (χ2v) is 6.35. The Hall–Kier alpha value is -1.64. The highest BCUT2D eigenvalue weighted by atomic mass is 16.5. The molecule has 1 N–H and O–H groups in total. The van der Waals surface area contributed by atoms with Crippen molar-refractivity contribution >= 4 is 5.82 Å². The van der Waals surface area contributed by atoms with Crippen molar-refractivity contribution in [1.82, 2.24) is 4.98 Å². The van der Waals surface area contributed by atoms with Crippen LogP contribution in [0.2, 0.25) is 0 Å². The van der Waals surface area contributed by atoms with Gasteiger partial charge >= 0.3 is 0 Å². The van der Waals surface area contributed by atoms with E-state index in [0.717, 1.165) is 43.9 Å². The smallest absolute Gasteiger partial charge is 0.146 e. The van der Waals surface area contributed by atoms with Gasteiger partial charge in [-0.2, -0.15) is 5.26 Å². The zero-order valence-corrected chi connectivity index (χ0v) is 13.2. The van der Waals surface area contributed by atoms with Gasteiger partial charge < -0.3 is 14.7 Å². The Morgan fingerprint density at radius 1 is 1.45 bits per heavy atom. The summed E-state index contributed by atoms with van der Waals surface area (Å²) in [6, 6.07) is 5.93. The van der Waals surface area contributed by atoms with Crippen molar-refractivity contribution in [2.24, 2.45) is 5.41 Å². The first-order valence-corrected chi connectivity index (χ1v) is 8.03. The van der Waals surface area contributed by atoms with E-state index in [4.69, 9.17) is 4.74 Å². The minimum absolute atomic E-state index is 0.0941. The zero-order valence-electron chi connectivity index (χ0n) is 13.2. The molecule has 22 heavy (non-hydrogen) atoms. The van der Waals surface area contributed by atoms with Gasteiger partial charge in [0.05, 0.1) is 17.8 Å². The summed E-state index contributed by atoms with van der Waals surface area (Å²) in [6.07, 6.45) is 2.45. The molecule has 2 atom stereocenters. The molecule has 3 rings (SSSR count). The van der Waals surface area contributed by atoms with Crippen molar-refractivity contribution in [3.63, 3.8) is 0 Å². The fraction of sp³-hybridized carbons (Fsp3) is 0.647. The van der Waals surface area contributed by atoms with Crippen LogP contribution in [-0.2, 0) is 4.74 Å². The first-order chi connectivity index (χ1) is 10.6. The molecule has 2 fully saturated rings. The topological polar surface area (TPSA) is 69.4 Å². The van der Waals surface area contributed by atoms with Gasteiger partial charge in [0, 0.05) is 37.2 Å². The molecule has 1 spiro atoms. The number of anilines is 1. The Kier molecular flexibility index (Phi) is 4.07. The van der Waals surface area contributed by atoms with E-state index in [-0.39, 0.29) is 17.6 Å². The second kappa shape index (κ2) is 5.86. The third-order valence-corrected chi connectivity index (χ3v) is 5.24. The second-order valence-electron chi connectivity index (χ2n) is 6.35. The van der Waals surface area contributed by atoms with Gasteiger partial charge in [0.25, 0.3) is 0 Å². The molecule has 5 nitrogen and oxygen atoms in total. The number of hydrogen-bond donors (Lipinski definition) is 1. The molecule has 1 saturated heterocycles. The van der Waals surface area contributed by atoms with Gasteiger partial charge in [0.1, 0.15) is 11.9 Å². The lowest BCUT2D eigenvalue weighted by Gasteiger charge is -2.56. The van der Waals surface area contributed by atoms with Crippen molar-refractivity contribution in [1.29, 1.82) is 5.26 Å². The summed E-state index contributed by atoms with van der Waals surface area (Å²) in [6.45, 7) is 6.26. The predicted molar refractivity (Wildman–Crippen MR) is 83.6 cm³/mol. The Bertz CT molecular complexity index is 586. The normalized spacial score (nSPS) is 26.5. The molecule has 2 aliphatic rings. The predicted octanol–water partition coefficient (Wildman–Crippen LogP) is 2.02. The van der Waals surface area contributed by atoms with Crippen molar-refractivity contribution in [2.75, 3.05) is 24.6 Å². The maximum absolute atomic E-state index is 10.3. The summed E-state index contributed by atoms with van der Waals surface area (Å²) in [5, 5.41) is 19.5. The fourth-order valence-electron chi connectivity index (χ4n) is 3.82. The van der Waals surface area contributed by atoms with Crippen molar-refractivity contribution in [2.45, 2.75) is 45.3 Å². The molecule has 1 aliphatic heterocycles. The van der Waals surface area contributed by atoms with Crippen molar-refractivity contribution in [3.8, 4) is 6.07 Å². The molecular weight excluding hydrogens is 278 g/mol. The number of nitriles is 1. The molecule has 1 saturated carbocycles. The molecule has 1 aliphatic carbocycles. The summed E-state index contributed by atoms with van der Waals surface area (Å²) >= 11 is 0. The summed E-state index contributed by atoms with van der Waals surface area (Å²) < 4.78 is 5.80. The number of hydrogen-bond acceptors (Lipinski definition) is 5. The number of piperidine rings is 1. The number of aryl methyl sites for hydroxylation is 1. The van der Waals surface area contributed by atoms with E-state index < -0.39 is 0 Å². The van der Waals surface area contributed by atoms with Crippen molar-refractivity contribution in [3.05, 3.63) is 23.4 Å². The molecule has 0 aromatic carbocycles. The van der Waals surface area contributed by atoms with E-state index in [0.29, 0.717) is 12.2 Å². The molecule has 0 radical (unpaired) electrons. The van der Waals surface area contributed by atoms with Crippen LogP contribution in [-0.4, -0.2) is 42.0 Å². The van der Waals surface area contributed by atoms with Crippen LogP contribution < -0.4 is 4.90 Å². The Labute approximate surface area is 131 Å². The molecule has 1 aromatic rings. The highest BCUT2D eigenvalue weighted by Crippen LogP contribution is 2.51. The van der Waals surface area contributed by atoms with Crippen LogP contribution in [0.4, 0.5) is 5.82 Å². The summed E-state index contributed by atoms with van der Waals surface area (Å²) in [5.41, 5.74) is 1.45. The van der Waals surface area contributed by atoms with Crippen LogP contribution in [0.15, 0.2) is 12.1 Å². The van der Waals surface area contributed by atoms with E-state index in [1.807, 2.05) is 26.0 Å². The van der Waals surface area contributed by atoms with Crippen LogP contribution >= 0.6 is 0 Å². The first-order valence-electron chi connectivity index (χ1n) is 8.03. The zero-order chi connectivity index (χ0) is 15.7. The lowest BCUT2D eigenvalue weighted by Crippen LogP contribution is -2.62. The molecule has 118 valence electrons. The molecule has 0 amide bonds. The molecule has 1 aromatic heterocycles. The van der Waals surface area contributed by atoms with Gasteiger partial charge in [-0.3, -0.25) is 0 Å². The number of nitrogens with zero attached hydrogens (tertiary/aromatic N) is 3. The third kappa shape index (κ3) is 2.37. The fourth-order valence-corrected chi connectivity index (χ4v) is 3.82. The van der Waals surface area contributed by atoms with Gasteiger partial charge in [0.2, 0.25) is 0 Å². The maximum atomic E-state index is 10.3. The number of pyridine rings is 1. The number of ether oxygens (including phenoxy) is 1. The lowest BCUT2D eigenvalue weighted by atomic mass is 9.58. The van der Waals surface area contributed by atoms with Gasteiger partial charge in [-0.05, 0) is 38.8 Å². The van der Waals surface area contributed by atoms with Gasteiger partial charge in [0.15, 0.2) is 0 Å². The number of aliphatic hydroxyl groups is 1. The molecular formula is C17H23N3O2. The van der Waals surface area contributed by atoms with Crippen LogP contribution in [0.25, 0.3) is 0 Å². The average molecular weight is 301 g/mol. The van der Waals surface area contributed by atoms with Gasteiger partial charge in [-0.1, -0.05) is 0 Å². The van der Waals surface area contributed by atoms with Crippen LogP contribution in [0.5, 0.6) is 0 Å². The van der Waals surface area contributed by atoms with Crippen LogP contribution in [0, 0.1) is 23.7 Å². The number of aromatic nitrogens is 1. The standard InChI is InChI=1S/C17H23N3O2/c1-3-22-15-10-14(21)17(15)6-8-20(9-7-17)16-13(11-18)5-4-12(2)19-16/h4-5,14-15,21H,3,6-10H2,1-2H3/t14-,15+/m1/s1. The minimum atomic E-state index is -0.257.